The molecule has 5 saturated heterocycles. The molecule has 7 fully saturated rings. The molecule has 0 amide bonds. The molecule has 0 aromatic heterocycles. The topological polar surface area (TPSA) is 9.72 Å². The van der Waals surface area contributed by atoms with Gasteiger partial charge in [-0.05, 0) is 164 Å². The van der Waals surface area contributed by atoms with Gasteiger partial charge in [-0.15, -0.1) is 0 Å². The minimum atomic E-state index is 0. The first-order valence-corrected chi connectivity index (χ1v) is 23.1. The number of hydrogen-bond acceptors (Lipinski definition) is 3. The van der Waals surface area contributed by atoms with Crippen LogP contribution in [0.15, 0.2) is 0 Å². The maximum Gasteiger partial charge on any atom is 0.0238 e. The van der Waals surface area contributed by atoms with Crippen molar-refractivity contribution in [3.05, 3.63) is 0 Å². The van der Waals surface area contributed by atoms with Crippen molar-refractivity contribution in [2.24, 2.45) is 68.5 Å². The van der Waals surface area contributed by atoms with Gasteiger partial charge >= 0.3 is 0 Å². The Kier molecular flexibility index (Phi) is 14.6. The highest BCUT2D eigenvalue weighted by molar-refractivity contribution is 5.26. The van der Waals surface area contributed by atoms with E-state index in [0.717, 1.165) is 41.4 Å². The zero-order valence-electron chi connectivity index (χ0n) is 41.3. The van der Waals surface area contributed by atoms with Crippen LogP contribution < -0.4 is 0 Å². The number of likely N-dealkylation sites (tertiary alicyclic amines) is 1. The van der Waals surface area contributed by atoms with E-state index in [9.17, 15) is 0 Å². The lowest BCUT2D eigenvalue weighted by molar-refractivity contribution is -0.320. The Labute approximate surface area is 342 Å². The largest absolute Gasteiger partial charge is 0.295 e. The van der Waals surface area contributed by atoms with Crippen molar-refractivity contribution in [1.82, 2.24) is 14.7 Å². The molecule has 0 aromatic carbocycles. The van der Waals surface area contributed by atoms with Crippen LogP contribution in [-0.2, 0) is 0 Å². The Morgan fingerprint density at radius 1 is 0.426 bits per heavy atom. The molecule has 0 aromatic rings. The number of rotatable bonds is 6. The number of piperidine rings is 4. The average Bonchev–Trinajstić information content (AvgIpc) is 3.02. The summed E-state index contributed by atoms with van der Waals surface area (Å²) >= 11 is 0. The van der Waals surface area contributed by atoms with Crippen LogP contribution in [0.25, 0.3) is 0 Å². The molecule has 5 aliphatic heterocycles. The molecule has 7 rings (SSSR count). The molecule has 7 aliphatic rings. The van der Waals surface area contributed by atoms with Gasteiger partial charge < -0.3 is 0 Å². The zero-order chi connectivity index (χ0) is 41.7. The van der Waals surface area contributed by atoms with Gasteiger partial charge in [0.1, 0.15) is 0 Å². The Morgan fingerprint density at radius 3 is 1.02 bits per heavy atom. The highest BCUT2D eigenvalue weighted by Crippen LogP contribution is 2.77. The first-order chi connectivity index (χ1) is 23.7. The van der Waals surface area contributed by atoms with E-state index >= 15 is 0 Å². The highest BCUT2D eigenvalue weighted by atomic mass is 15.4. The van der Waals surface area contributed by atoms with Crippen LogP contribution in [-0.4, -0.2) is 68.1 Å². The molecule has 54 heavy (non-hydrogen) atoms. The first kappa shape index (κ1) is 50.0. The summed E-state index contributed by atoms with van der Waals surface area (Å²) in [4.78, 5) is 8.31. The second-order valence-corrected chi connectivity index (χ2v) is 23.7. The van der Waals surface area contributed by atoms with E-state index in [2.05, 4.69) is 202 Å². The van der Waals surface area contributed by atoms with Crippen LogP contribution in [0.1, 0.15) is 207 Å². The van der Waals surface area contributed by atoms with Crippen LogP contribution in [0.5, 0.6) is 0 Å². The fraction of sp³-hybridized carbons (Fsp3) is 1.00. The molecule has 0 spiro atoms. The average molecular weight is 758 g/mol. The molecule has 322 valence electrons. The molecular formula is C51H103N3. The second-order valence-electron chi connectivity index (χ2n) is 23.7. The lowest BCUT2D eigenvalue weighted by Gasteiger charge is -2.81. The van der Waals surface area contributed by atoms with E-state index in [-0.39, 0.29) is 7.43 Å². The zero-order valence-corrected chi connectivity index (χ0v) is 41.3. The van der Waals surface area contributed by atoms with E-state index in [4.69, 9.17) is 0 Å². The van der Waals surface area contributed by atoms with E-state index in [0.29, 0.717) is 80.4 Å². The minimum absolute atomic E-state index is 0. The predicted molar refractivity (Wildman–Crippen MR) is 243 cm³/mol. The summed E-state index contributed by atoms with van der Waals surface area (Å²) in [7, 11) is 0. The molecule has 12 atom stereocenters. The second kappa shape index (κ2) is 15.8. The fourth-order valence-electron chi connectivity index (χ4n) is 16.4. The summed E-state index contributed by atoms with van der Waals surface area (Å²) in [5, 5.41) is 0. The third-order valence-corrected chi connectivity index (χ3v) is 21.1. The van der Waals surface area contributed by atoms with Gasteiger partial charge in [0.15, 0.2) is 0 Å². The van der Waals surface area contributed by atoms with Crippen molar-refractivity contribution >= 4 is 0 Å². The van der Waals surface area contributed by atoms with E-state index in [1.165, 1.54) is 12.8 Å². The lowest BCUT2D eigenvalue weighted by atomic mass is 9.29. The van der Waals surface area contributed by atoms with Crippen LogP contribution in [0.4, 0.5) is 0 Å². The van der Waals surface area contributed by atoms with Gasteiger partial charge in [0.2, 0.25) is 0 Å². The third kappa shape index (κ3) is 6.49. The Balaban J connectivity index is 0.000000278. The molecule has 3 heteroatoms. The minimum Gasteiger partial charge on any atom is -0.295 e. The monoisotopic (exact) mass is 758 g/mol. The maximum atomic E-state index is 2.82. The smallest absolute Gasteiger partial charge is 0.0238 e. The van der Waals surface area contributed by atoms with Crippen molar-refractivity contribution in [3.63, 3.8) is 0 Å². The van der Waals surface area contributed by atoms with Crippen LogP contribution >= 0.6 is 0 Å². The Bertz CT molecular complexity index is 1190. The SMILES string of the molecule is C.CC(C)N1C(C)C(C)C(C)(C(C)C)C(C)C1C.CC(C)N1C(C)C2(C)CC(C)(C1C)C2(C)C(C)C.CC(C)N1C2(C)CC1(C)C(C)C(C)(C(C)C)C2C. The van der Waals surface area contributed by atoms with Crippen molar-refractivity contribution < 1.29 is 0 Å². The third-order valence-electron chi connectivity index (χ3n) is 21.1. The normalized spacial score (nSPS) is 49.3. The van der Waals surface area contributed by atoms with Crippen LogP contribution in [0, 0.1) is 68.5 Å². The standard InChI is InChI=1S/2C17H33N.C16H33N.CH4/c1-11(2)17(9)15(7)10-16(17,8)14(6)18(12(3)4)13(15)5;1-11(2)17(9)13(5)15(7)10-16(8,14(17)6)18(15)12(3)4;1-10(2)16(9)12(5)14(7)17(11(3)4)15(8)13(16)6;/h2*11-14H,10H2,1-9H3;10-15H,1-9H3;1H4. The highest BCUT2D eigenvalue weighted by Gasteiger charge is 2.76. The van der Waals surface area contributed by atoms with Gasteiger partial charge in [0, 0.05) is 53.4 Å². The molecule has 5 heterocycles. The van der Waals surface area contributed by atoms with Crippen molar-refractivity contribution in [2.75, 3.05) is 0 Å². The van der Waals surface area contributed by atoms with E-state index < -0.39 is 0 Å². The quantitative estimate of drug-likeness (QED) is 0.267. The Morgan fingerprint density at radius 2 is 0.759 bits per heavy atom. The molecule has 4 bridgehead atoms. The van der Waals surface area contributed by atoms with Crippen LogP contribution in [0.3, 0.4) is 0 Å². The van der Waals surface area contributed by atoms with Gasteiger partial charge in [-0.3, -0.25) is 14.7 Å². The summed E-state index contributed by atoms with van der Waals surface area (Å²) in [5.74, 6) is 5.34. The molecule has 2 saturated carbocycles. The van der Waals surface area contributed by atoms with Gasteiger partial charge in [0.25, 0.3) is 0 Å². The summed E-state index contributed by atoms with van der Waals surface area (Å²) < 4.78 is 0. The number of fused-ring (bicyclic) bond motifs is 4. The number of hydrogen-bond donors (Lipinski definition) is 0. The molecule has 2 aliphatic carbocycles. The van der Waals surface area contributed by atoms with Gasteiger partial charge in [-0.25, -0.2) is 0 Å². The summed E-state index contributed by atoms with van der Waals surface area (Å²) in [6, 6.07) is 4.74. The Hall–Kier alpha value is -0.120. The fourth-order valence-corrected chi connectivity index (χ4v) is 16.4. The molecule has 3 nitrogen and oxygen atoms in total. The first-order valence-electron chi connectivity index (χ1n) is 23.1. The maximum absolute atomic E-state index is 2.82. The summed E-state index contributed by atoms with van der Waals surface area (Å²) in [6.45, 7) is 66.1. The molecule has 0 radical (unpaired) electrons. The predicted octanol–water partition coefficient (Wildman–Crippen LogP) is 14.2. The van der Waals surface area contributed by atoms with Crippen molar-refractivity contribution in [2.45, 2.75) is 261 Å². The van der Waals surface area contributed by atoms with Gasteiger partial charge in [-0.2, -0.15) is 0 Å². The summed E-state index contributed by atoms with van der Waals surface area (Å²) in [5.41, 5.74) is 3.18. The number of nitrogens with zero attached hydrogens (tertiary/aromatic N) is 3. The van der Waals surface area contributed by atoms with Crippen molar-refractivity contribution in [1.29, 1.82) is 0 Å². The lowest BCUT2D eigenvalue weighted by Crippen LogP contribution is -2.85. The molecule has 0 N–H and O–H groups in total. The molecule has 12 unspecified atom stereocenters. The van der Waals surface area contributed by atoms with E-state index in [1.807, 2.05) is 0 Å². The molecular weight excluding hydrogens is 655 g/mol. The van der Waals surface area contributed by atoms with Gasteiger partial charge in [0.05, 0.1) is 0 Å². The van der Waals surface area contributed by atoms with Crippen molar-refractivity contribution in [3.8, 4) is 0 Å². The van der Waals surface area contributed by atoms with E-state index in [1.54, 1.807) is 0 Å². The van der Waals surface area contributed by atoms with Gasteiger partial charge in [-0.1, -0.05) is 111 Å². The summed E-state index contributed by atoms with van der Waals surface area (Å²) in [6.07, 6.45) is 2.78. The van der Waals surface area contributed by atoms with Crippen LogP contribution in [0.2, 0.25) is 0 Å².